The number of hydrogen-bond acceptors (Lipinski definition) is 4. The molecule has 1 saturated heterocycles. The van der Waals surface area contributed by atoms with Crippen molar-refractivity contribution >= 4 is 36.4 Å². The monoisotopic (exact) mass is 386 g/mol. The number of aromatic nitrogens is 2. The van der Waals surface area contributed by atoms with E-state index >= 15 is 0 Å². The number of nitrogens with one attached hydrogen (secondary N) is 1. The van der Waals surface area contributed by atoms with Gasteiger partial charge in [0, 0.05) is 43.9 Å². The molecule has 0 bridgehead atoms. The molecule has 0 saturated carbocycles. The molecule has 1 unspecified atom stereocenters. The number of amides is 1. The molecule has 1 fully saturated rings. The number of nitrogens with zero attached hydrogens (tertiary/aromatic N) is 2. The maximum Gasteiger partial charge on any atom is 0.241 e. The Kier molecular flexibility index (Phi) is 8.38. The van der Waals surface area contributed by atoms with Crippen LogP contribution < -0.4 is 11.1 Å². The Morgan fingerprint density at radius 1 is 1.36 bits per heavy atom. The molecule has 1 amide bonds. The van der Waals surface area contributed by atoms with Crippen LogP contribution in [0.1, 0.15) is 12.8 Å². The molecule has 25 heavy (non-hydrogen) atoms. The van der Waals surface area contributed by atoms with Crippen LogP contribution in [0.25, 0.3) is 11.4 Å². The Bertz CT molecular complexity index is 687. The van der Waals surface area contributed by atoms with Crippen LogP contribution in [0.4, 0.5) is 5.69 Å². The van der Waals surface area contributed by atoms with E-state index in [0.717, 1.165) is 29.9 Å². The van der Waals surface area contributed by atoms with Gasteiger partial charge in [-0.3, -0.25) is 4.79 Å². The van der Waals surface area contributed by atoms with Gasteiger partial charge >= 0.3 is 0 Å². The molecular formula is C17H24Cl2N4O2. The number of rotatable bonds is 4. The minimum Gasteiger partial charge on any atom is -0.381 e. The van der Waals surface area contributed by atoms with Gasteiger partial charge in [0.1, 0.15) is 5.82 Å². The van der Waals surface area contributed by atoms with Gasteiger partial charge in [0.15, 0.2) is 0 Å². The summed E-state index contributed by atoms with van der Waals surface area (Å²) in [5, 5.41) is 2.92. The largest absolute Gasteiger partial charge is 0.381 e. The number of anilines is 1. The van der Waals surface area contributed by atoms with Gasteiger partial charge in [-0.15, -0.1) is 24.8 Å². The zero-order valence-corrected chi connectivity index (χ0v) is 15.7. The van der Waals surface area contributed by atoms with Crippen LogP contribution in [0.2, 0.25) is 0 Å². The third-order valence-corrected chi connectivity index (χ3v) is 4.29. The summed E-state index contributed by atoms with van der Waals surface area (Å²) in [6.45, 7) is 1.36. The van der Waals surface area contributed by atoms with Crippen LogP contribution in [-0.2, 0) is 16.6 Å². The van der Waals surface area contributed by atoms with E-state index in [0.29, 0.717) is 13.2 Å². The summed E-state index contributed by atoms with van der Waals surface area (Å²) in [4.78, 5) is 16.7. The molecule has 1 aliphatic heterocycles. The maximum absolute atomic E-state index is 12.4. The molecule has 2 heterocycles. The summed E-state index contributed by atoms with van der Waals surface area (Å²) in [5.41, 5.74) is 7.80. The van der Waals surface area contributed by atoms with Crippen LogP contribution in [0.15, 0.2) is 36.7 Å². The Morgan fingerprint density at radius 3 is 2.72 bits per heavy atom. The zero-order valence-electron chi connectivity index (χ0n) is 14.1. The first-order valence-electron chi connectivity index (χ1n) is 7.87. The maximum atomic E-state index is 12.4. The first-order valence-corrected chi connectivity index (χ1v) is 7.87. The van der Waals surface area contributed by atoms with Crippen molar-refractivity contribution in [3.05, 3.63) is 36.7 Å². The Morgan fingerprint density at radius 2 is 2.08 bits per heavy atom. The number of hydrogen-bond donors (Lipinski definition) is 2. The summed E-state index contributed by atoms with van der Waals surface area (Å²) in [7, 11) is 1.94. The van der Waals surface area contributed by atoms with Crippen molar-refractivity contribution in [3.8, 4) is 11.4 Å². The van der Waals surface area contributed by atoms with Gasteiger partial charge in [-0.1, -0.05) is 12.1 Å². The Hall–Kier alpha value is -1.60. The van der Waals surface area contributed by atoms with Gasteiger partial charge in [0.25, 0.3) is 0 Å². The quantitative estimate of drug-likeness (QED) is 0.845. The van der Waals surface area contributed by atoms with Crippen LogP contribution in [0, 0.1) is 5.92 Å². The number of ether oxygens (including phenoxy) is 1. The SMILES string of the molecule is Cl.Cl.Cn1ccnc1-c1cccc(NC(=O)C(N)C2CCOCC2)c1. The molecule has 8 heteroatoms. The lowest BCUT2D eigenvalue weighted by atomic mass is 9.92. The number of benzene rings is 1. The average molecular weight is 387 g/mol. The summed E-state index contributed by atoms with van der Waals surface area (Å²) < 4.78 is 7.26. The highest BCUT2D eigenvalue weighted by atomic mass is 35.5. The second-order valence-electron chi connectivity index (χ2n) is 5.91. The van der Waals surface area contributed by atoms with Crippen molar-refractivity contribution in [2.75, 3.05) is 18.5 Å². The Labute approximate surface area is 160 Å². The molecule has 0 spiro atoms. The molecule has 1 atom stereocenters. The topological polar surface area (TPSA) is 82.2 Å². The van der Waals surface area contributed by atoms with Crippen molar-refractivity contribution in [2.45, 2.75) is 18.9 Å². The highest BCUT2D eigenvalue weighted by Crippen LogP contribution is 2.22. The molecule has 3 rings (SSSR count). The van der Waals surface area contributed by atoms with E-state index in [1.54, 1.807) is 6.20 Å². The van der Waals surface area contributed by atoms with Gasteiger partial charge in [0.2, 0.25) is 5.91 Å². The van der Waals surface area contributed by atoms with E-state index in [4.69, 9.17) is 10.5 Å². The third kappa shape index (κ3) is 5.19. The van der Waals surface area contributed by atoms with Gasteiger partial charge in [-0.25, -0.2) is 4.98 Å². The zero-order chi connectivity index (χ0) is 16.2. The molecule has 0 aliphatic carbocycles. The Balaban J connectivity index is 0.00000156. The molecular weight excluding hydrogens is 363 g/mol. The third-order valence-electron chi connectivity index (χ3n) is 4.29. The summed E-state index contributed by atoms with van der Waals surface area (Å²) >= 11 is 0. The molecule has 1 aliphatic rings. The van der Waals surface area contributed by atoms with Crippen LogP contribution >= 0.6 is 24.8 Å². The van der Waals surface area contributed by atoms with Crippen molar-refractivity contribution in [1.82, 2.24) is 9.55 Å². The van der Waals surface area contributed by atoms with Crippen molar-refractivity contribution < 1.29 is 9.53 Å². The van der Waals surface area contributed by atoms with E-state index in [1.165, 1.54) is 0 Å². The van der Waals surface area contributed by atoms with Crippen molar-refractivity contribution in [3.63, 3.8) is 0 Å². The summed E-state index contributed by atoms with van der Waals surface area (Å²) in [6.07, 6.45) is 5.31. The molecule has 138 valence electrons. The number of halogens is 2. The predicted octanol–water partition coefficient (Wildman–Crippen LogP) is 2.62. The van der Waals surface area contributed by atoms with Crippen molar-refractivity contribution in [2.24, 2.45) is 18.7 Å². The molecule has 1 aromatic heterocycles. The fourth-order valence-electron chi connectivity index (χ4n) is 2.89. The summed E-state index contributed by atoms with van der Waals surface area (Å²) in [6, 6.07) is 7.14. The van der Waals surface area contributed by atoms with Gasteiger partial charge in [0.05, 0.1) is 6.04 Å². The minimum absolute atomic E-state index is 0. The first-order chi connectivity index (χ1) is 11.1. The van der Waals surface area contributed by atoms with Gasteiger partial charge < -0.3 is 20.4 Å². The number of carbonyl (C=O) groups is 1. The van der Waals surface area contributed by atoms with Crippen molar-refractivity contribution in [1.29, 1.82) is 0 Å². The summed E-state index contributed by atoms with van der Waals surface area (Å²) in [5.74, 6) is 0.894. The average Bonchev–Trinajstić information content (AvgIpc) is 3.01. The molecule has 0 radical (unpaired) electrons. The van der Waals surface area contributed by atoms with Gasteiger partial charge in [-0.2, -0.15) is 0 Å². The smallest absolute Gasteiger partial charge is 0.241 e. The van der Waals surface area contributed by atoms with Crippen LogP contribution in [-0.4, -0.2) is 34.7 Å². The highest BCUT2D eigenvalue weighted by Gasteiger charge is 2.26. The normalized spacial score (nSPS) is 15.6. The highest BCUT2D eigenvalue weighted by molar-refractivity contribution is 5.95. The van der Waals surface area contributed by atoms with E-state index in [-0.39, 0.29) is 36.6 Å². The number of nitrogens with two attached hydrogens (primary N) is 1. The van der Waals surface area contributed by atoms with Gasteiger partial charge in [-0.05, 0) is 30.9 Å². The van der Waals surface area contributed by atoms with Crippen LogP contribution in [0.5, 0.6) is 0 Å². The standard InChI is InChI=1S/C17H22N4O2.2ClH/c1-21-8-7-19-16(21)13-3-2-4-14(11-13)20-17(22)15(18)12-5-9-23-10-6-12;;/h2-4,7-8,11-12,15H,5-6,9-10,18H2,1H3,(H,20,22);2*1H. The lowest BCUT2D eigenvalue weighted by molar-refractivity contribution is -0.119. The predicted molar refractivity (Wildman–Crippen MR) is 103 cm³/mol. The van der Waals surface area contributed by atoms with E-state index in [1.807, 2.05) is 42.1 Å². The number of aryl methyl sites for hydroxylation is 1. The first kappa shape index (κ1) is 21.4. The fourth-order valence-corrected chi connectivity index (χ4v) is 2.89. The van der Waals surface area contributed by atoms with E-state index in [9.17, 15) is 4.79 Å². The number of carbonyl (C=O) groups excluding carboxylic acids is 1. The molecule has 3 N–H and O–H groups in total. The second-order valence-corrected chi connectivity index (χ2v) is 5.91. The molecule has 2 aromatic rings. The van der Waals surface area contributed by atoms with E-state index < -0.39 is 6.04 Å². The molecule has 6 nitrogen and oxygen atoms in total. The van der Waals surface area contributed by atoms with E-state index in [2.05, 4.69) is 10.3 Å². The second kappa shape index (κ2) is 9.77. The lowest BCUT2D eigenvalue weighted by Crippen LogP contribution is -2.44. The number of imidazole rings is 1. The fraction of sp³-hybridized carbons (Fsp3) is 0.412. The minimum atomic E-state index is -0.504. The molecule has 1 aromatic carbocycles. The lowest BCUT2D eigenvalue weighted by Gasteiger charge is -2.26. The van der Waals surface area contributed by atoms with Crippen LogP contribution in [0.3, 0.4) is 0 Å².